The molecule has 35 heavy (non-hydrogen) atoms. The lowest BCUT2D eigenvalue weighted by molar-refractivity contribution is 0.521. The average molecular weight is 502 g/mol. The monoisotopic (exact) mass is 501 g/mol. The number of nitriles is 1. The molecule has 1 aromatic heterocycles. The van der Waals surface area contributed by atoms with E-state index in [4.69, 9.17) is 0 Å². The molecule has 0 aliphatic rings. The second-order valence-corrected chi connectivity index (χ2v) is 10.7. The van der Waals surface area contributed by atoms with Crippen LogP contribution in [0.5, 0.6) is 0 Å². The Labute approximate surface area is 209 Å². The van der Waals surface area contributed by atoms with Crippen molar-refractivity contribution in [3.05, 3.63) is 101 Å². The summed E-state index contributed by atoms with van der Waals surface area (Å²) >= 11 is 1.34. The molecule has 0 unspecified atom stereocenters. The zero-order valence-electron chi connectivity index (χ0n) is 19.1. The second kappa shape index (κ2) is 10.5. The Bertz CT molecular complexity index is 1430. The zero-order valence-corrected chi connectivity index (χ0v) is 20.8. The van der Waals surface area contributed by atoms with Crippen molar-refractivity contribution in [2.75, 3.05) is 24.7 Å². The van der Waals surface area contributed by atoms with Crippen molar-refractivity contribution in [3.63, 3.8) is 0 Å². The van der Waals surface area contributed by atoms with E-state index in [0.717, 1.165) is 16.9 Å². The highest BCUT2D eigenvalue weighted by atomic mass is 32.2. The number of allylic oxidation sites excluding steroid dienone is 1. The Balaban J connectivity index is 1.70. The highest BCUT2D eigenvalue weighted by Gasteiger charge is 2.18. The van der Waals surface area contributed by atoms with Gasteiger partial charge in [-0.15, -0.1) is 11.3 Å². The summed E-state index contributed by atoms with van der Waals surface area (Å²) in [4.78, 5) is 4.89. The van der Waals surface area contributed by atoms with Crippen LogP contribution >= 0.6 is 11.3 Å². The number of benzene rings is 3. The number of para-hydroxylation sites is 2. The van der Waals surface area contributed by atoms with Crippen LogP contribution in [0.2, 0.25) is 0 Å². The van der Waals surface area contributed by atoms with Crippen LogP contribution in [0.15, 0.2) is 101 Å². The Morgan fingerprint density at radius 3 is 1.91 bits per heavy atom. The van der Waals surface area contributed by atoms with Crippen LogP contribution in [0, 0.1) is 11.3 Å². The Morgan fingerprint density at radius 1 is 0.886 bits per heavy atom. The van der Waals surface area contributed by atoms with Crippen LogP contribution < -0.4 is 10.6 Å². The maximum absolute atomic E-state index is 12.3. The van der Waals surface area contributed by atoms with Crippen LogP contribution in [0.25, 0.3) is 16.8 Å². The minimum atomic E-state index is -3.51. The van der Waals surface area contributed by atoms with Gasteiger partial charge in [-0.2, -0.15) is 5.26 Å². The van der Waals surface area contributed by atoms with Crippen LogP contribution in [0.3, 0.4) is 0 Å². The summed E-state index contributed by atoms with van der Waals surface area (Å²) in [7, 11) is -0.518. The number of anilines is 2. The normalized spacial score (nSPS) is 11.0. The van der Waals surface area contributed by atoms with Crippen LogP contribution in [0.4, 0.5) is 11.4 Å². The molecule has 0 atom stereocenters. The third-order valence-corrected chi connectivity index (χ3v) is 7.78. The van der Waals surface area contributed by atoms with Crippen LogP contribution in [0.1, 0.15) is 5.01 Å². The summed E-state index contributed by atoms with van der Waals surface area (Å²) in [5.74, 6) is 0.512. The number of aromatic nitrogens is 1. The molecular formula is C26H23N5O2S2. The topological polar surface area (TPSA) is 98.1 Å². The molecule has 2 N–H and O–H groups in total. The van der Waals surface area contributed by atoms with Crippen molar-refractivity contribution >= 4 is 38.3 Å². The van der Waals surface area contributed by atoms with Gasteiger partial charge in [0.25, 0.3) is 0 Å². The summed E-state index contributed by atoms with van der Waals surface area (Å²) in [6.07, 6.45) is 0. The third kappa shape index (κ3) is 5.58. The van der Waals surface area contributed by atoms with Gasteiger partial charge >= 0.3 is 0 Å². The van der Waals surface area contributed by atoms with E-state index < -0.39 is 10.0 Å². The fourth-order valence-corrected chi connectivity index (χ4v) is 4.96. The van der Waals surface area contributed by atoms with E-state index in [1.807, 2.05) is 66.0 Å². The quantitative estimate of drug-likeness (QED) is 0.310. The molecule has 0 saturated carbocycles. The van der Waals surface area contributed by atoms with Gasteiger partial charge in [0.1, 0.15) is 22.5 Å². The van der Waals surface area contributed by atoms with Gasteiger partial charge in [-0.25, -0.2) is 17.7 Å². The minimum Gasteiger partial charge on any atom is -0.341 e. The summed E-state index contributed by atoms with van der Waals surface area (Å²) in [5, 5.41) is 19.1. The maximum atomic E-state index is 12.3. The average Bonchev–Trinajstić information content (AvgIpc) is 3.35. The van der Waals surface area contributed by atoms with Crippen molar-refractivity contribution in [1.29, 1.82) is 5.26 Å². The van der Waals surface area contributed by atoms with E-state index in [2.05, 4.69) is 21.7 Å². The van der Waals surface area contributed by atoms with Crippen molar-refractivity contribution in [2.45, 2.75) is 4.90 Å². The van der Waals surface area contributed by atoms with Gasteiger partial charge in [-0.3, -0.25) is 0 Å². The van der Waals surface area contributed by atoms with Crippen LogP contribution in [-0.4, -0.2) is 31.8 Å². The predicted molar refractivity (Wildman–Crippen MR) is 141 cm³/mol. The van der Waals surface area contributed by atoms with Gasteiger partial charge in [0.05, 0.1) is 10.6 Å². The van der Waals surface area contributed by atoms with Gasteiger partial charge in [-0.05, 0) is 36.4 Å². The summed E-state index contributed by atoms with van der Waals surface area (Å²) < 4.78 is 25.9. The first kappa shape index (κ1) is 24.2. The summed E-state index contributed by atoms with van der Waals surface area (Å²) in [6.45, 7) is 0. The molecule has 1 heterocycles. The number of nitrogens with zero attached hydrogens (tertiary/aromatic N) is 3. The molecule has 0 spiro atoms. The highest BCUT2D eigenvalue weighted by Crippen LogP contribution is 2.29. The van der Waals surface area contributed by atoms with E-state index in [1.54, 1.807) is 24.3 Å². The number of hydrogen-bond acceptors (Lipinski definition) is 7. The molecule has 0 radical (unpaired) electrons. The molecule has 0 fully saturated rings. The molecule has 9 heteroatoms. The first-order valence-electron chi connectivity index (χ1n) is 10.7. The molecule has 0 amide bonds. The lowest BCUT2D eigenvalue weighted by Gasteiger charge is -2.15. The van der Waals surface area contributed by atoms with Gasteiger partial charge < -0.3 is 10.6 Å². The molecule has 0 aliphatic carbocycles. The number of thiazole rings is 1. The standard InChI is InChI=1S/C26H23N5O2S2/c1-31(2)35(32,33)22-15-13-19(14-16-22)24-18-34-26(30-24)23(17-27)25(28-20-9-5-3-6-10-20)29-21-11-7-4-8-12-21/h3-16,18,28-29H,1-2H3. The van der Waals surface area contributed by atoms with Crippen LogP contribution in [-0.2, 0) is 10.0 Å². The Hall–Kier alpha value is -3.97. The first-order chi connectivity index (χ1) is 16.9. The molecule has 7 nitrogen and oxygen atoms in total. The molecule has 3 aromatic carbocycles. The molecule has 0 saturated heterocycles. The fourth-order valence-electron chi connectivity index (χ4n) is 3.23. The van der Waals surface area contributed by atoms with E-state index in [-0.39, 0.29) is 4.90 Å². The van der Waals surface area contributed by atoms with Crippen molar-refractivity contribution in [2.24, 2.45) is 0 Å². The number of hydrogen-bond donors (Lipinski definition) is 2. The van der Waals surface area contributed by atoms with Gasteiger partial charge in [0, 0.05) is 36.4 Å². The summed E-state index contributed by atoms with van der Waals surface area (Å²) in [5.41, 5.74) is 3.43. The SMILES string of the molecule is CN(C)S(=O)(=O)c1ccc(-c2csc(C(C#N)=C(Nc3ccccc3)Nc3ccccc3)n2)cc1. The van der Waals surface area contributed by atoms with Gasteiger partial charge in [0.2, 0.25) is 10.0 Å². The van der Waals surface area contributed by atoms with E-state index in [1.165, 1.54) is 29.7 Å². The molecule has 176 valence electrons. The first-order valence-corrected chi connectivity index (χ1v) is 13.0. The smallest absolute Gasteiger partial charge is 0.242 e. The maximum Gasteiger partial charge on any atom is 0.242 e. The lowest BCUT2D eigenvalue weighted by atomic mass is 10.2. The Morgan fingerprint density at radius 2 is 1.43 bits per heavy atom. The van der Waals surface area contributed by atoms with Gasteiger partial charge in [-0.1, -0.05) is 48.5 Å². The zero-order chi connectivity index (χ0) is 24.8. The van der Waals surface area contributed by atoms with E-state index >= 15 is 0 Å². The van der Waals surface area contributed by atoms with Crippen molar-refractivity contribution < 1.29 is 8.42 Å². The predicted octanol–water partition coefficient (Wildman–Crippen LogP) is 5.48. The number of sulfonamides is 1. The minimum absolute atomic E-state index is 0.209. The largest absolute Gasteiger partial charge is 0.341 e. The lowest BCUT2D eigenvalue weighted by Crippen LogP contribution is -2.22. The number of rotatable bonds is 8. The molecule has 0 bridgehead atoms. The Kier molecular flexibility index (Phi) is 7.27. The number of nitrogens with one attached hydrogen (secondary N) is 2. The highest BCUT2D eigenvalue weighted by molar-refractivity contribution is 7.89. The van der Waals surface area contributed by atoms with Gasteiger partial charge in [0.15, 0.2) is 0 Å². The molecule has 4 rings (SSSR count). The molecular weight excluding hydrogens is 478 g/mol. The second-order valence-electron chi connectivity index (χ2n) is 7.69. The van der Waals surface area contributed by atoms with Crippen molar-refractivity contribution in [1.82, 2.24) is 9.29 Å². The molecule has 0 aliphatic heterocycles. The summed E-state index contributed by atoms with van der Waals surface area (Å²) in [6, 6.07) is 28.0. The van der Waals surface area contributed by atoms with E-state index in [0.29, 0.717) is 22.1 Å². The van der Waals surface area contributed by atoms with E-state index in [9.17, 15) is 13.7 Å². The third-order valence-electron chi connectivity index (χ3n) is 5.09. The fraction of sp³-hybridized carbons (Fsp3) is 0.0769. The van der Waals surface area contributed by atoms with Crippen molar-refractivity contribution in [3.8, 4) is 17.3 Å². The molecule has 4 aromatic rings.